The number of esters is 1. The van der Waals surface area contributed by atoms with Crippen LogP contribution in [0, 0.1) is 0 Å². The fourth-order valence-corrected chi connectivity index (χ4v) is 2.06. The van der Waals surface area contributed by atoms with Crippen molar-refractivity contribution < 1.29 is 14.3 Å². The molecular weight excluding hydrogens is 272 g/mol. The molecule has 2 N–H and O–H groups in total. The van der Waals surface area contributed by atoms with Gasteiger partial charge in [-0.2, -0.15) is 0 Å². The third kappa shape index (κ3) is 4.78. The van der Waals surface area contributed by atoms with Gasteiger partial charge in [-0.1, -0.05) is 18.7 Å². The van der Waals surface area contributed by atoms with Gasteiger partial charge in [0.15, 0.2) is 5.16 Å². The first-order chi connectivity index (χ1) is 9.08. The summed E-state index contributed by atoms with van der Waals surface area (Å²) in [5.74, 6) is -0.764. The smallest absolute Gasteiger partial charge is 0.343 e. The highest BCUT2D eigenvalue weighted by atomic mass is 32.2. The second kappa shape index (κ2) is 7.62. The van der Waals surface area contributed by atoms with Gasteiger partial charge < -0.3 is 10.1 Å². The number of thioether (sulfide) groups is 1. The molecule has 0 atom stereocenters. The SMILES string of the molecule is CCCn1c(SCC(=O)NCC(=O)OC)n[nH]c1=O. The third-order valence-electron chi connectivity index (χ3n) is 2.16. The number of H-pyrrole nitrogens is 1. The fourth-order valence-electron chi connectivity index (χ4n) is 1.26. The van der Waals surface area contributed by atoms with E-state index in [1.807, 2.05) is 6.92 Å². The lowest BCUT2D eigenvalue weighted by Gasteiger charge is -2.04. The Balaban J connectivity index is 2.46. The van der Waals surface area contributed by atoms with E-state index in [4.69, 9.17) is 0 Å². The molecule has 0 unspecified atom stereocenters. The number of aromatic nitrogens is 3. The first kappa shape index (κ1) is 15.3. The second-order valence-electron chi connectivity index (χ2n) is 3.60. The normalized spacial score (nSPS) is 10.2. The standard InChI is InChI=1S/C10H16N4O4S/c1-3-4-14-9(17)12-13-10(14)19-6-7(15)11-5-8(16)18-2/h3-6H2,1-2H3,(H,11,15)(H,12,17). The van der Waals surface area contributed by atoms with Gasteiger partial charge in [-0.3, -0.25) is 14.2 Å². The molecule has 0 aliphatic carbocycles. The van der Waals surface area contributed by atoms with Crippen LogP contribution in [-0.2, 0) is 20.9 Å². The van der Waals surface area contributed by atoms with Crippen LogP contribution in [-0.4, -0.2) is 46.0 Å². The summed E-state index contributed by atoms with van der Waals surface area (Å²) >= 11 is 1.13. The summed E-state index contributed by atoms with van der Waals surface area (Å²) in [4.78, 5) is 33.7. The van der Waals surface area contributed by atoms with E-state index in [9.17, 15) is 14.4 Å². The van der Waals surface area contributed by atoms with Gasteiger partial charge in [-0.15, -0.1) is 5.10 Å². The topological polar surface area (TPSA) is 106 Å². The molecule has 9 heteroatoms. The second-order valence-corrected chi connectivity index (χ2v) is 4.55. The van der Waals surface area contributed by atoms with Crippen LogP contribution >= 0.6 is 11.8 Å². The lowest BCUT2D eigenvalue weighted by atomic mass is 10.5. The number of ether oxygens (including phenoxy) is 1. The van der Waals surface area contributed by atoms with Crippen molar-refractivity contribution in [1.82, 2.24) is 20.1 Å². The largest absolute Gasteiger partial charge is 0.468 e. The summed E-state index contributed by atoms with van der Waals surface area (Å²) in [6, 6.07) is 0. The molecule has 19 heavy (non-hydrogen) atoms. The van der Waals surface area contributed by atoms with Gasteiger partial charge in [0.05, 0.1) is 12.9 Å². The summed E-state index contributed by atoms with van der Waals surface area (Å²) in [7, 11) is 1.25. The zero-order chi connectivity index (χ0) is 14.3. The fraction of sp³-hybridized carbons (Fsp3) is 0.600. The van der Waals surface area contributed by atoms with Crippen molar-refractivity contribution in [2.75, 3.05) is 19.4 Å². The number of carbonyl (C=O) groups is 2. The van der Waals surface area contributed by atoms with Crippen molar-refractivity contribution in [3.05, 3.63) is 10.5 Å². The van der Waals surface area contributed by atoms with E-state index in [2.05, 4.69) is 20.3 Å². The molecule has 0 saturated heterocycles. The van der Waals surface area contributed by atoms with Gasteiger partial charge >= 0.3 is 11.7 Å². The molecule has 0 spiro atoms. The number of hydrogen-bond acceptors (Lipinski definition) is 6. The van der Waals surface area contributed by atoms with Crippen molar-refractivity contribution in [1.29, 1.82) is 0 Å². The summed E-state index contributed by atoms with van der Waals surface area (Å²) in [6.07, 6.45) is 0.793. The molecule has 0 radical (unpaired) electrons. The number of nitrogens with one attached hydrogen (secondary N) is 2. The van der Waals surface area contributed by atoms with Gasteiger partial charge in [0.25, 0.3) is 0 Å². The molecule has 1 rings (SSSR count). The Bertz CT molecular complexity index is 496. The minimum Gasteiger partial charge on any atom is -0.468 e. The molecule has 0 saturated carbocycles. The van der Waals surface area contributed by atoms with Crippen LogP contribution in [0.1, 0.15) is 13.3 Å². The Morgan fingerprint density at radius 2 is 2.26 bits per heavy atom. The molecule has 8 nitrogen and oxygen atoms in total. The molecule has 1 aromatic heterocycles. The number of carbonyl (C=O) groups excluding carboxylic acids is 2. The number of aromatic amines is 1. The zero-order valence-electron chi connectivity index (χ0n) is 10.8. The average molecular weight is 288 g/mol. The van der Waals surface area contributed by atoms with Crippen molar-refractivity contribution >= 4 is 23.6 Å². The van der Waals surface area contributed by atoms with Gasteiger partial charge in [0.1, 0.15) is 6.54 Å². The molecule has 0 aromatic carbocycles. The monoisotopic (exact) mass is 288 g/mol. The maximum atomic E-state index is 11.4. The molecule has 0 fully saturated rings. The summed E-state index contributed by atoms with van der Waals surface area (Å²) in [5.41, 5.74) is -0.292. The quantitative estimate of drug-likeness (QED) is 0.511. The van der Waals surface area contributed by atoms with E-state index in [1.165, 1.54) is 11.7 Å². The van der Waals surface area contributed by atoms with Crippen LogP contribution in [0.4, 0.5) is 0 Å². The van der Waals surface area contributed by atoms with Crippen molar-refractivity contribution in [2.24, 2.45) is 0 Å². The van der Waals surface area contributed by atoms with Crippen LogP contribution < -0.4 is 11.0 Å². The first-order valence-electron chi connectivity index (χ1n) is 5.70. The lowest BCUT2D eigenvalue weighted by molar-refractivity contribution is -0.140. The minimum atomic E-state index is -0.513. The van der Waals surface area contributed by atoms with E-state index < -0.39 is 5.97 Å². The molecule has 1 heterocycles. The highest BCUT2D eigenvalue weighted by Gasteiger charge is 2.11. The zero-order valence-corrected chi connectivity index (χ0v) is 11.6. The molecule has 1 amide bonds. The van der Waals surface area contributed by atoms with Crippen molar-refractivity contribution in [3.63, 3.8) is 0 Å². The highest BCUT2D eigenvalue weighted by molar-refractivity contribution is 7.99. The van der Waals surface area contributed by atoms with Crippen LogP contribution in [0.2, 0.25) is 0 Å². The Morgan fingerprint density at radius 3 is 2.89 bits per heavy atom. The first-order valence-corrected chi connectivity index (χ1v) is 6.68. The number of hydrogen-bond donors (Lipinski definition) is 2. The summed E-state index contributed by atoms with van der Waals surface area (Å²) in [5, 5.41) is 9.03. The number of amides is 1. The molecule has 0 aliphatic heterocycles. The number of methoxy groups -OCH3 is 1. The van der Waals surface area contributed by atoms with E-state index in [-0.39, 0.29) is 23.9 Å². The van der Waals surface area contributed by atoms with Gasteiger partial charge in [0, 0.05) is 6.54 Å². The predicted molar refractivity (Wildman–Crippen MR) is 68.9 cm³/mol. The number of nitrogens with zero attached hydrogens (tertiary/aromatic N) is 2. The van der Waals surface area contributed by atoms with Crippen LogP contribution in [0.3, 0.4) is 0 Å². The Hall–Kier alpha value is -1.77. The predicted octanol–water partition coefficient (Wildman–Crippen LogP) is -0.637. The van der Waals surface area contributed by atoms with E-state index in [1.54, 1.807) is 0 Å². The van der Waals surface area contributed by atoms with Crippen LogP contribution in [0.15, 0.2) is 9.95 Å². The van der Waals surface area contributed by atoms with E-state index in [0.717, 1.165) is 18.2 Å². The van der Waals surface area contributed by atoms with Gasteiger partial charge in [-0.25, -0.2) is 9.89 Å². The average Bonchev–Trinajstić information content (AvgIpc) is 2.75. The van der Waals surface area contributed by atoms with Gasteiger partial charge in [0.2, 0.25) is 5.91 Å². The van der Waals surface area contributed by atoms with Crippen LogP contribution in [0.5, 0.6) is 0 Å². The minimum absolute atomic E-state index is 0.0744. The highest BCUT2D eigenvalue weighted by Crippen LogP contribution is 2.12. The lowest BCUT2D eigenvalue weighted by Crippen LogP contribution is -2.31. The summed E-state index contributed by atoms with van der Waals surface area (Å²) in [6.45, 7) is 2.32. The number of rotatable bonds is 7. The van der Waals surface area contributed by atoms with Gasteiger partial charge in [-0.05, 0) is 6.42 Å². The Labute approximate surface area is 113 Å². The Morgan fingerprint density at radius 1 is 1.53 bits per heavy atom. The summed E-state index contributed by atoms with van der Waals surface area (Å²) < 4.78 is 5.87. The third-order valence-corrected chi connectivity index (χ3v) is 3.14. The van der Waals surface area contributed by atoms with Crippen molar-refractivity contribution in [3.8, 4) is 0 Å². The van der Waals surface area contributed by atoms with E-state index in [0.29, 0.717) is 11.7 Å². The Kier molecular flexibility index (Phi) is 6.13. The van der Waals surface area contributed by atoms with Crippen molar-refractivity contribution in [2.45, 2.75) is 25.0 Å². The molecule has 0 aliphatic rings. The maximum absolute atomic E-state index is 11.4. The van der Waals surface area contributed by atoms with Crippen LogP contribution in [0.25, 0.3) is 0 Å². The molecular formula is C10H16N4O4S. The molecule has 0 bridgehead atoms. The molecule has 106 valence electrons. The maximum Gasteiger partial charge on any atom is 0.343 e. The van der Waals surface area contributed by atoms with E-state index >= 15 is 0 Å². The molecule has 1 aromatic rings.